The average Bonchev–Trinajstić information content (AvgIpc) is 3.42. The number of pyridine rings is 1. The Kier molecular flexibility index (Phi) is 10.1. The zero-order valence-electron chi connectivity index (χ0n) is 24.1. The van der Waals surface area contributed by atoms with Gasteiger partial charge < -0.3 is 34.3 Å². The molecule has 41 heavy (non-hydrogen) atoms. The summed E-state index contributed by atoms with van der Waals surface area (Å²) in [6.07, 6.45) is -0.0282. The Labute approximate surface area is 240 Å². The van der Waals surface area contributed by atoms with Gasteiger partial charge in [-0.25, -0.2) is 0 Å². The summed E-state index contributed by atoms with van der Waals surface area (Å²) in [6.45, 7) is 9.36. The van der Waals surface area contributed by atoms with Crippen molar-refractivity contribution in [3.05, 3.63) is 66.0 Å². The molecule has 11 heteroatoms. The van der Waals surface area contributed by atoms with Crippen molar-refractivity contribution in [3.8, 4) is 0 Å². The number of esters is 1. The summed E-state index contributed by atoms with van der Waals surface area (Å²) in [5.41, 5.74) is 1.27. The molecule has 0 spiro atoms. The van der Waals surface area contributed by atoms with Crippen LogP contribution in [0.3, 0.4) is 0 Å². The lowest BCUT2D eigenvalue weighted by Gasteiger charge is -2.32. The molecule has 0 aliphatic carbocycles. The smallest absolute Gasteiger partial charge is 0.307 e. The minimum absolute atomic E-state index is 0.181. The molecule has 0 unspecified atom stereocenters. The molecule has 0 radical (unpaired) electrons. The Hall–Kier alpha value is -3.38. The molecule has 11 nitrogen and oxygen atoms in total. The maximum atomic E-state index is 13.6. The van der Waals surface area contributed by atoms with Crippen LogP contribution in [-0.2, 0) is 39.9 Å². The van der Waals surface area contributed by atoms with Crippen LogP contribution in [0.4, 0.5) is 0 Å². The predicted molar refractivity (Wildman–Crippen MR) is 147 cm³/mol. The number of hydrogen-bond donors (Lipinski definition) is 2. The molecule has 3 heterocycles. The fourth-order valence-corrected chi connectivity index (χ4v) is 4.96. The van der Waals surface area contributed by atoms with E-state index in [1.165, 1.54) is 6.20 Å². The lowest BCUT2D eigenvalue weighted by Crippen LogP contribution is -2.57. The van der Waals surface area contributed by atoms with Crippen LogP contribution in [0.25, 0.3) is 0 Å². The minimum Gasteiger partial charge on any atom is -0.466 e. The largest absolute Gasteiger partial charge is 0.466 e. The van der Waals surface area contributed by atoms with Gasteiger partial charge in [0.15, 0.2) is 12.1 Å². The minimum atomic E-state index is -0.900. The number of nitrogens with zero attached hydrogens (tertiary/aromatic N) is 1. The number of benzene rings is 1. The van der Waals surface area contributed by atoms with E-state index in [4.69, 9.17) is 23.7 Å². The van der Waals surface area contributed by atoms with E-state index in [-0.39, 0.29) is 25.6 Å². The second-order valence-electron chi connectivity index (χ2n) is 10.9. The highest BCUT2D eigenvalue weighted by Gasteiger charge is 2.57. The number of carbonyl (C=O) groups is 3. The van der Waals surface area contributed by atoms with E-state index in [2.05, 4.69) is 15.6 Å². The molecule has 4 rings (SSSR count). The molecular formula is C30H39N3O8. The first-order chi connectivity index (χ1) is 19.6. The van der Waals surface area contributed by atoms with Gasteiger partial charge in [-0.1, -0.05) is 44.2 Å². The summed E-state index contributed by atoms with van der Waals surface area (Å²) < 4.78 is 29.9. The van der Waals surface area contributed by atoms with Crippen molar-refractivity contribution in [2.45, 2.75) is 90.1 Å². The zero-order valence-corrected chi connectivity index (χ0v) is 24.1. The summed E-state index contributed by atoms with van der Waals surface area (Å²) in [5.74, 6) is -2.58. The summed E-state index contributed by atoms with van der Waals surface area (Å²) in [6, 6.07) is 11.1. The fraction of sp³-hybridized carbons (Fsp3) is 0.533. The predicted octanol–water partition coefficient (Wildman–Crippen LogP) is 2.74. The lowest BCUT2D eigenvalue weighted by atomic mass is 9.98. The molecule has 222 valence electrons. The standard InChI is InChI=1S/C30H39N3O8/c1-6-37-22(34)15-21(32-28(36)23(18(2)3)33-27(35)20-13-10-14-31-16-20)24-25(38-17-19-11-8-7-9-12-19)26-29(39-24)41-30(4,5)40-26/h7-14,16,18,21,23-26,29H,6,15,17H2,1-5H3,(H,32,36)(H,33,35)/t21-,23+,24-,25+,26-,29-/m1/s1. The van der Waals surface area contributed by atoms with E-state index < -0.39 is 60.3 Å². The zero-order chi connectivity index (χ0) is 29.6. The van der Waals surface area contributed by atoms with E-state index in [1.54, 1.807) is 39.1 Å². The van der Waals surface area contributed by atoms with Crippen molar-refractivity contribution in [1.29, 1.82) is 0 Å². The molecule has 0 bridgehead atoms. The molecule has 2 saturated heterocycles. The third-order valence-corrected chi connectivity index (χ3v) is 6.89. The Balaban J connectivity index is 1.56. The molecule has 2 aliphatic rings. The molecule has 2 amide bonds. The quantitative estimate of drug-likeness (QED) is 0.370. The van der Waals surface area contributed by atoms with Gasteiger partial charge in [0.2, 0.25) is 5.91 Å². The van der Waals surface area contributed by atoms with Crippen molar-refractivity contribution >= 4 is 17.8 Å². The van der Waals surface area contributed by atoms with Gasteiger partial charge in [-0.3, -0.25) is 19.4 Å². The van der Waals surface area contributed by atoms with Crippen LogP contribution in [0.1, 0.15) is 57.0 Å². The number of rotatable bonds is 12. The van der Waals surface area contributed by atoms with Gasteiger partial charge in [0.1, 0.15) is 24.4 Å². The van der Waals surface area contributed by atoms with Crippen molar-refractivity contribution in [1.82, 2.24) is 15.6 Å². The van der Waals surface area contributed by atoms with Gasteiger partial charge in [0, 0.05) is 12.4 Å². The highest BCUT2D eigenvalue weighted by Crippen LogP contribution is 2.40. The van der Waals surface area contributed by atoms with Crippen LogP contribution in [0, 0.1) is 5.92 Å². The Morgan fingerprint density at radius 1 is 1.05 bits per heavy atom. The first-order valence-electron chi connectivity index (χ1n) is 13.9. The molecule has 6 atom stereocenters. The van der Waals surface area contributed by atoms with E-state index >= 15 is 0 Å². The summed E-state index contributed by atoms with van der Waals surface area (Å²) >= 11 is 0. The molecule has 2 aliphatic heterocycles. The van der Waals surface area contributed by atoms with Crippen LogP contribution in [-0.4, -0.2) is 71.8 Å². The summed E-state index contributed by atoms with van der Waals surface area (Å²) in [5, 5.41) is 5.73. The van der Waals surface area contributed by atoms with Gasteiger partial charge in [0.05, 0.1) is 31.2 Å². The van der Waals surface area contributed by atoms with Crippen molar-refractivity contribution < 1.29 is 38.1 Å². The van der Waals surface area contributed by atoms with Crippen LogP contribution in [0.2, 0.25) is 0 Å². The van der Waals surface area contributed by atoms with Gasteiger partial charge in [-0.2, -0.15) is 0 Å². The second-order valence-corrected chi connectivity index (χ2v) is 10.9. The number of hydrogen-bond acceptors (Lipinski definition) is 9. The van der Waals surface area contributed by atoms with Gasteiger partial charge in [-0.05, 0) is 44.4 Å². The lowest BCUT2D eigenvalue weighted by molar-refractivity contribution is -0.223. The molecule has 1 aromatic heterocycles. The number of ether oxygens (including phenoxy) is 5. The maximum Gasteiger partial charge on any atom is 0.307 e. The monoisotopic (exact) mass is 569 g/mol. The maximum absolute atomic E-state index is 13.6. The van der Waals surface area contributed by atoms with Crippen molar-refractivity contribution in [2.75, 3.05) is 6.61 Å². The van der Waals surface area contributed by atoms with Crippen LogP contribution < -0.4 is 10.6 Å². The average molecular weight is 570 g/mol. The molecule has 1 aromatic carbocycles. The van der Waals surface area contributed by atoms with Crippen LogP contribution in [0.5, 0.6) is 0 Å². The number of carbonyl (C=O) groups excluding carboxylic acids is 3. The van der Waals surface area contributed by atoms with E-state index in [9.17, 15) is 14.4 Å². The van der Waals surface area contributed by atoms with Crippen molar-refractivity contribution in [3.63, 3.8) is 0 Å². The van der Waals surface area contributed by atoms with Gasteiger partial charge >= 0.3 is 5.97 Å². The van der Waals surface area contributed by atoms with Gasteiger partial charge in [0.25, 0.3) is 5.91 Å². The second kappa shape index (κ2) is 13.5. The Bertz CT molecular complexity index is 1180. The fourth-order valence-electron chi connectivity index (χ4n) is 4.96. The summed E-state index contributed by atoms with van der Waals surface area (Å²) in [7, 11) is 0. The molecule has 0 saturated carbocycles. The first kappa shape index (κ1) is 30.6. The number of nitrogens with one attached hydrogen (secondary N) is 2. The number of aromatic nitrogens is 1. The molecule has 2 fully saturated rings. The molecule has 2 N–H and O–H groups in total. The number of fused-ring (bicyclic) bond motifs is 1. The van der Waals surface area contributed by atoms with E-state index in [0.717, 1.165) is 5.56 Å². The third kappa shape index (κ3) is 7.88. The van der Waals surface area contributed by atoms with Crippen molar-refractivity contribution in [2.24, 2.45) is 5.92 Å². The highest BCUT2D eigenvalue weighted by molar-refractivity contribution is 5.97. The Morgan fingerprint density at radius 2 is 1.80 bits per heavy atom. The molecule has 2 aromatic rings. The van der Waals surface area contributed by atoms with E-state index in [1.807, 2.05) is 44.2 Å². The highest BCUT2D eigenvalue weighted by atomic mass is 16.8. The normalized spacial score (nSPS) is 24.3. The van der Waals surface area contributed by atoms with Crippen LogP contribution >= 0.6 is 0 Å². The molecular weight excluding hydrogens is 530 g/mol. The van der Waals surface area contributed by atoms with E-state index in [0.29, 0.717) is 5.56 Å². The first-order valence-corrected chi connectivity index (χ1v) is 13.9. The van der Waals surface area contributed by atoms with Crippen LogP contribution in [0.15, 0.2) is 54.9 Å². The summed E-state index contributed by atoms with van der Waals surface area (Å²) in [4.78, 5) is 43.1. The third-order valence-electron chi connectivity index (χ3n) is 6.89. The Morgan fingerprint density at radius 3 is 2.46 bits per heavy atom. The van der Waals surface area contributed by atoms with Gasteiger partial charge in [-0.15, -0.1) is 0 Å². The SMILES string of the molecule is CCOC(=O)C[C@@H](NC(=O)[C@@H](NC(=O)c1cccnc1)C(C)C)[C@H]1O[C@@H]2OC(C)(C)O[C@@H]2[C@H]1OCc1ccccc1. The number of amides is 2. The topological polar surface area (TPSA) is 134 Å².